The second kappa shape index (κ2) is 8.25. The Bertz CT molecular complexity index is 821. The number of hydrogen-bond acceptors (Lipinski definition) is 6. The molecular weight excluding hydrogens is 394 g/mol. The van der Waals surface area contributed by atoms with E-state index >= 15 is 0 Å². The molecule has 0 aliphatic heterocycles. The molecule has 0 atom stereocenters. The minimum atomic E-state index is -0.803. The minimum absolute atomic E-state index is 0.141. The Morgan fingerprint density at radius 2 is 2.04 bits per heavy atom. The van der Waals surface area contributed by atoms with E-state index in [2.05, 4.69) is 26.5 Å². The van der Waals surface area contributed by atoms with E-state index in [1.807, 2.05) is 0 Å². The molecule has 0 radical (unpaired) electrons. The maximum absolute atomic E-state index is 11.9. The van der Waals surface area contributed by atoms with Crippen LogP contribution in [0.25, 0.3) is 0 Å². The van der Waals surface area contributed by atoms with E-state index in [0.29, 0.717) is 5.56 Å². The van der Waals surface area contributed by atoms with Crippen molar-refractivity contribution in [1.29, 1.82) is 0 Å². The van der Waals surface area contributed by atoms with Crippen molar-refractivity contribution in [2.24, 2.45) is 5.10 Å². The van der Waals surface area contributed by atoms with Crippen molar-refractivity contribution in [3.05, 3.63) is 62.1 Å². The highest BCUT2D eigenvalue weighted by molar-refractivity contribution is 9.10. The van der Waals surface area contributed by atoms with Crippen LogP contribution < -0.4 is 15.3 Å². The van der Waals surface area contributed by atoms with Crippen molar-refractivity contribution in [3.63, 3.8) is 0 Å². The first kappa shape index (κ1) is 18.4. The number of halogens is 1. The number of hydrogen-bond donors (Lipinski definition) is 1. The third kappa shape index (κ3) is 4.77. The van der Waals surface area contributed by atoms with Crippen LogP contribution in [0.1, 0.15) is 22.8 Å². The van der Waals surface area contributed by atoms with E-state index in [9.17, 15) is 20.0 Å². The molecule has 0 aromatic heterocycles. The number of ether oxygens (including phenoxy) is 1. The Morgan fingerprint density at radius 3 is 2.64 bits per heavy atom. The fourth-order valence-electron chi connectivity index (χ4n) is 1.91. The average molecular weight is 407 g/mol. The molecule has 0 heterocycles. The fraction of sp³-hybridized carbons (Fsp3) is 0.125. The highest BCUT2D eigenvalue weighted by Gasteiger charge is 2.13. The first-order chi connectivity index (χ1) is 11.9. The number of hydrazone groups is 1. The summed E-state index contributed by atoms with van der Waals surface area (Å²) in [4.78, 5) is 22.1. The summed E-state index contributed by atoms with van der Waals surface area (Å²) in [6, 6.07) is 9.04. The quantitative estimate of drug-likeness (QED) is 0.449. The molecule has 1 amide bonds. The first-order valence-electron chi connectivity index (χ1n) is 7.13. The van der Waals surface area contributed by atoms with Crippen LogP contribution >= 0.6 is 15.9 Å². The van der Waals surface area contributed by atoms with Gasteiger partial charge in [0.2, 0.25) is 0 Å². The second-order valence-corrected chi connectivity index (χ2v) is 5.68. The summed E-state index contributed by atoms with van der Waals surface area (Å²) in [6.07, 6.45) is 1.20. The number of nitrogens with one attached hydrogen (secondary N) is 1. The lowest BCUT2D eigenvalue weighted by atomic mass is 10.2. The third-order valence-electron chi connectivity index (χ3n) is 3.04. The zero-order chi connectivity index (χ0) is 18.4. The van der Waals surface area contributed by atoms with Crippen LogP contribution in [0, 0.1) is 10.1 Å². The van der Waals surface area contributed by atoms with Gasteiger partial charge in [-0.1, -0.05) is 15.9 Å². The van der Waals surface area contributed by atoms with Gasteiger partial charge in [0, 0.05) is 27.4 Å². The number of nitro groups is 1. The summed E-state index contributed by atoms with van der Waals surface area (Å²) >= 11 is 3.27. The number of nitrogens with zero attached hydrogens (tertiary/aromatic N) is 2. The molecule has 0 unspecified atom stereocenters. The van der Waals surface area contributed by atoms with Crippen LogP contribution in [0.15, 0.2) is 46.0 Å². The molecule has 8 nitrogen and oxygen atoms in total. The van der Waals surface area contributed by atoms with Crippen LogP contribution in [0.5, 0.6) is 11.5 Å². The van der Waals surface area contributed by atoms with Gasteiger partial charge in [-0.15, -0.1) is 0 Å². The van der Waals surface area contributed by atoms with Gasteiger partial charge < -0.3 is 9.84 Å². The number of carbonyl (C=O) groups is 1. The Labute approximate surface area is 151 Å². The van der Waals surface area contributed by atoms with Crippen molar-refractivity contribution in [1.82, 2.24) is 5.43 Å². The Morgan fingerprint density at radius 1 is 1.36 bits per heavy atom. The van der Waals surface area contributed by atoms with E-state index < -0.39 is 22.3 Å². The smallest absolute Gasteiger partial charge is 0.271 e. The highest BCUT2D eigenvalue weighted by atomic mass is 79.9. The van der Waals surface area contributed by atoms with Crippen LogP contribution in [0.4, 0.5) is 5.69 Å². The molecule has 2 aromatic rings. The number of nitro benzene ring substituents is 1. The maximum Gasteiger partial charge on any atom is 0.271 e. The summed E-state index contributed by atoms with van der Waals surface area (Å²) in [7, 11) is 0. The van der Waals surface area contributed by atoms with Crippen molar-refractivity contribution >= 4 is 33.7 Å². The van der Waals surface area contributed by atoms with Crippen molar-refractivity contribution in [3.8, 4) is 11.5 Å². The van der Waals surface area contributed by atoms with E-state index in [-0.39, 0.29) is 17.9 Å². The lowest BCUT2D eigenvalue weighted by Crippen LogP contribution is -2.17. The maximum atomic E-state index is 11.9. The van der Waals surface area contributed by atoms with Gasteiger partial charge in [0.25, 0.3) is 11.6 Å². The molecule has 130 valence electrons. The van der Waals surface area contributed by atoms with Gasteiger partial charge in [-0.05, 0) is 37.3 Å². The zero-order valence-corrected chi connectivity index (χ0v) is 14.6. The third-order valence-corrected chi connectivity index (χ3v) is 3.57. The molecule has 0 bridgehead atoms. The SMILES string of the molecule is CCOc1cc(/C=N\NC(=O)c2ccc(Br)cc2)cc([N+](=O)[O-])c1[O-]. The molecule has 0 aliphatic carbocycles. The van der Waals surface area contributed by atoms with Gasteiger partial charge in [-0.2, -0.15) is 5.10 Å². The van der Waals surface area contributed by atoms with E-state index in [4.69, 9.17) is 4.74 Å². The Hall–Kier alpha value is -2.94. The summed E-state index contributed by atoms with van der Waals surface area (Å²) < 4.78 is 5.94. The van der Waals surface area contributed by atoms with Crippen molar-refractivity contribution < 1.29 is 19.6 Å². The van der Waals surface area contributed by atoms with Crippen LogP contribution in [0.3, 0.4) is 0 Å². The lowest BCUT2D eigenvalue weighted by molar-refractivity contribution is -0.398. The fourth-order valence-corrected chi connectivity index (χ4v) is 2.18. The minimum Gasteiger partial charge on any atom is -0.865 e. The van der Waals surface area contributed by atoms with Gasteiger partial charge in [0.15, 0.2) is 0 Å². The predicted molar refractivity (Wildman–Crippen MR) is 92.9 cm³/mol. The van der Waals surface area contributed by atoms with E-state index in [1.54, 1.807) is 31.2 Å². The molecular formula is C16H13BrN3O5-. The topological polar surface area (TPSA) is 117 Å². The lowest BCUT2D eigenvalue weighted by Gasteiger charge is -2.14. The normalized spacial score (nSPS) is 10.6. The molecule has 25 heavy (non-hydrogen) atoms. The Balaban J connectivity index is 2.18. The van der Waals surface area contributed by atoms with Gasteiger partial charge >= 0.3 is 0 Å². The molecule has 0 aliphatic rings. The first-order valence-corrected chi connectivity index (χ1v) is 7.93. The van der Waals surface area contributed by atoms with Crippen LogP contribution in [-0.4, -0.2) is 23.7 Å². The summed E-state index contributed by atoms with van der Waals surface area (Å²) in [6.45, 7) is 1.85. The molecule has 1 N–H and O–H groups in total. The summed E-state index contributed by atoms with van der Waals surface area (Å²) in [5.74, 6) is -1.39. The molecule has 0 fully saturated rings. The van der Waals surface area contributed by atoms with Gasteiger partial charge in [0.1, 0.15) is 5.75 Å². The molecule has 2 rings (SSSR count). The zero-order valence-electron chi connectivity index (χ0n) is 13.1. The van der Waals surface area contributed by atoms with Gasteiger partial charge in [-0.25, -0.2) is 5.43 Å². The standard InChI is InChI=1S/C16H14BrN3O5/c1-2-25-14-8-10(7-13(15(14)21)20(23)24)9-18-19-16(22)11-3-5-12(17)6-4-11/h3-9,21H,2H2,1H3,(H,19,22)/p-1/b18-9-. The average Bonchev–Trinajstić information content (AvgIpc) is 2.58. The second-order valence-electron chi connectivity index (χ2n) is 4.76. The number of carbonyl (C=O) groups excluding carboxylic acids is 1. The van der Waals surface area contributed by atoms with Gasteiger partial charge in [-0.3, -0.25) is 14.9 Å². The number of benzene rings is 2. The van der Waals surface area contributed by atoms with Crippen molar-refractivity contribution in [2.75, 3.05) is 6.61 Å². The van der Waals surface area contributed by atoms with Crippen LogP contribution in [-0.2, 0) is 0 Å². The monoisotopic (exact) mass is 406 g/mol. The van der Waals surface area contributed by atoms with E-state index in [0.717, 1.165) is 10.5 Å². The largest absolute Gasteiger partial charge is 0.865 e. The predicted octanol–water partition coefficient (Wildman–Crippen LogP) is 2.59. The number of amides is 1. The summed E-state index contributed by atoms with van der Waals surface area (Å²) in [5, 5.41) is 26.6. The summed E-state index contributed by atoms with van der Waals surface area (Å²) in [5.41, 5.74) is 2.34. The molecule has 2 aromatic carbocycles. The Kier molecular flexibility index (Phi) is 6.07. The van der Waals surface area contributed by atoms with Crippen LogP contribution in [0.2, 0.25) is 0 Å². The van der Waals surface area contributed by atoms with E-state index in [1.165, 1.54) is 12.3 Å². The van der Waals surface area contributed by atoms with Gasteiger partial charge in [0.05, 0.1) is 17.7 Å². The highest BCUT2D eigenvalue weighted by Crippen LogP contribution is 2.34. The molecule has 9 heteroatoms. The molecule has 0 saturated heterocycles. The van der Waals surface area contributed by atoms with Crippen molar-refractivity contribution in [2.45, 2.75) is 6.92 Å². The number of rotatable bonds is 6. The molecule has 0 saturated carbocycles. The molecule has 0 spiro atoms.